The largest absolute Gasteiger partial charge is 0.490 e. The van der Waals surface area contributed by atoms with Gasteiger partial charge >= 0.3 is 15.2 Å². The molecule has 10 nitrogen and oxygen atoms in total. The van der Waals surface area contributed by atoms with Gasteiger partial charge in [-0.15, -0.1) is 0 Å². The fourth-order valence-electron chi connectivity index (χ4n) is 4.73. The van der Waals surface area contributed by atoms with Crippen LogP contribution in [0.15, 0.2) is 42.5 Å². The van der Waals surface area contributed by atoms with Crippen molar-refractivity contribution in [1.82, 2.24) is 4.90 Å². The van der Waals surface area contributed by atoms with Crippen LogP contribution in [-0.2, 0) is 27.2 Å². The highest BCUT2D eigenvalue weighted by molar-refractivity contribution is 7.72. The minimum Gasteiger partial charge on any atom is -0.490 e. The van der Waals surface area contributed by atoms with Crippen molar-refractivity contribution >= 4 is 27.0 Å². The fourth-order valence-corrected chi connectivity index (χ4v) is 10.9. The molecule has 3 aliphatic rings. The molecule has 0 radical (unpaired) electrons. The zero-order chi connectivity index (χ0) is 28.1. The normalized spacial score (nSPS) is 33.0. The van der Waals surface area contributed by atoms with Crippen LogP contribution in [0.1, 0.15) is 65.8 Å². The van der Waals surface area contributed by atoms with Gasteiger partial charge in [0, 0.05) is 6.54 Å². The van der Waals surface area contributed by atoms with Gasteiger partial charge in [-0.3, -0.25) is 23.6 Å². The molecule has 39 heavy (non-hydrogen) atoms. The van der Waals surface area contributed by atoms with E-state index in [0.29, 0.717) is 11.1 Å². The highest BCUT2D eigenvalue weighted by Crippen LogP contribution is 2.82. The highest BCUT2D eigenvalue weighted by Gasteiger charge is 2.60. The van der Waals surface area contributed by atoms with Gasteiger partial charge in [0.25, 0.3) is 11.8 Å². The SMILES string of the molecule is C[C@@H]1OP(=O)(C(c2ccc(OCCCN3C(=O)c4ccccc4C3=O)c(F)c2)P2(=O)O[C@@H](C)[C@@H](C)O2)O[C@@H]1C. The summed E-state index contributed by atoms with van der Waals surface area (Å²) in [5, 5.41) is -1.48. The number of carbonyl (C=O) groups excluding carboxylic acids is 2. The van der Waals surface area contributed by atoms with Gasteiger partial charge in [-0.1, -0.05) is 18.2 Å². The Hall–Kier alpha value is -2.39. The summed E-state index contributed by atoms with van der Waals surface area (Å²) in [6, 6.07) is 10.4. The van der Waals surface area contributed by atoms with E-state index in [2.05, 4.69) is 0 Å². The summed E-state index contributed by atoms with van der Waals surface area (Å²) in [6.07, 6.45) is -1.91. The summed E-state index contributed by atoms with van der Waals surface area (Å²) in [6.45, 7) is 6.84. The van der Waals surface area contributed by atoms with Gasteiger partial charge < -0.3 is 22.8 Å². The van der Waals surface area contributed by atoms with Gasteiger partial charge in [-0.05, 0) is 63.9 Å². The fraction of sp³-hybridized carbons (Fsp3) is 0.462. The van der Waals surface area contributed by atoms with Crippen LogP contribution in [-0.4, -0.2) is 54.3 Å². The van der Waals surface area contributed by atoms with Crippen molar-refractivity contribution in [3.8, 4) is 5.75 Å². The molecule has 2 unspecified atom stereocenters. The summed E-state index contributed by atoms with van der Waals surface area (Å²) in [5.41, 5.74) is 0.784. The molecule has 2 saturated heterocycles. The standard InChI is InChI=1S/C26H30FNO9P2/c1-15-16(2)35-38(31,34-15)26(39(32)36-17(3)18(4)37-39)19-10-11-23(22(27)14-19)33-13-7-12-28-24(29)20-8-5-6-9-21(20)25(28)30/h5-6,8-11,14-18,26H,7,12-13H2,1-4H3/t15-,16+,17-,18+,26?,38?,39?. The van der Waals surface area contributed by atoms with E-state index in [9.17, 15) is 18.7 Å². The maximum atomic E-state index is 15.2. The topological polar surface area (TPSA) is 118 Å². The van der Waals surface area contributed by atoms with Crippen LogP contribution < -0.4 is 4.74 Å². The van der Waals surface area contributed by atoms with Gasteiger partial charge in [0.15, 0.2) is 17.0 Å². The quantitative estimate of drug-likeness (QED) is 0.213. The third-order valence-corrected chi connectivity index (χ3v) is 13.1. The first-order chi connectivity index (χ1) is 18.4. The van der Waals surface area contributed by atoms with E-state index < -0.39 is 50.8 Å². The van der Waals surface area contributed by atoms with Gasteiger partial charge in [-0.25, -0.2) is 4.39 Å². The molecule has 2 aromatic rings. The van der Waals surface area contributed by atoms with E-state index in [0.717, 1.165) is 11.0 Å². The number of amides is 2. The van der Waals surface area contributed by atoms with Crippen molar-refractivity contribution in [2.45, 2.75) is 63.9 Å². The maximum absolute atomic E-state index is 15.2. The minimum absolute atomic E-state index is 0.0204. The summed E-state index contributed by atoms with van der Waals surface area (Å²) < 4.78 is 71.0. The Kier molecular flexibility index (Phi) is 7.61. The summed E-state index contributed by atoms with van der Waals surface area (Å²) in [4.78, 5) is 26.1. The lowest BCUT2D eigenvalue weighted by atomic mass is 10.1. The first-order valence-corrected chi connectivity index (χ1v) is 16.0. The van der Waals surface area contributed by atoms with Crippen LogP contribution in [0.2, 0.25) is 0 Å². The van der Waals surface area contributed by atoms with Crippen LogP contribution in [0, 0.1) is 5.82 Å². The predicted octanol–water partition coefficient (Wildman–Crippen LogP) is 5.92. The van der Waals surface area contributed by atoms with E-state index in [1.807, 2.05) is 0 Å². The molecule has 5 rings (SSSR count). The van der Waals surface area contributed by atoms with Crippen LogP contribution in [0.5, 0.6) is 5.75 Å². The molecule has 2 aromatic carbocycles. The Morgan fingerprint density at radius 1 is 0.846 bits per heavy atom. The Morgan fingerprint density at radius 2 is 1.33 bits per heavy atom. The second-order valence-electron chi connectivity index (χ2n) is 9.89. The van der Waals surface area contributed by atoms with E-state index in [1.165, 1.54) is 12.1 Å². The molecular formula is C26H30FNO9P2. The first-order valence-electron chi connectivity index (χ1n) is 12.7. The van der Waals surface area contributed by atoms with Gasteiger partial charge in [0.2, 0.25) is 0 Å². The number of halogens is 1. The zero-order valence-electron chi connectivity index (χ0n) is 21.9. The van der Waals surface area contributed by atoms with Crippen molar-refractivity contribution in [1.29, 1.82) is 0 Å². The number of benzene rings is 2. The summed E-state index contributed by atoms with van der Waals surface area (Å²) >= 11 is 0. The lowest BCUT2D eigenvalue weighted by Crippen LogP contribution is -2.31. The average Bonchev–Trinajstić information content (AvgIpc) is 3.40. The Morgan fingerprint density at radius 3 is 1.79 bits per heavy atom. The van der Waals surface area contributed by atoms with Crippen LogP contribution in [0.25, 0.3) is 0 Å². The number of nitrogens with zero attached hydrogens (tertiary/aromatic N) is 1. The monoisotopic (exact) mass is 581 g/mol. The predicted molar refractivity (Wildman–Crippen MR) is 138 cm³/mol. The van der Waals surface area contributed by atoms with E-state index in [4.69, 9.17) is 22.8 Å². The number of imide groups is 1. The molecule has 0 N–H and O–H groups in total. The molecule has 0 aromatic heterocycles. The molecular weight excluding hydrogens is 551 g/mol. The van der Waals surface area contributed by atoms with Crippen LogP contribution in [0.4, 0.5) is 4.39 Å². The van der Waals surface area contributed by atoms with Gasteiger partial charge in [0.1, 0.15) is 0 Å². The second kappa shape index (κ2) is 10.5. The van der Waals surface area contributed by atoms with E-state index in [-0.39, 0.29) is 42.7 Å². The molecule has 0 bridgehead atoms. The molecule has 2 fully saturated rings. The van der Waals surface area contributed by atoms with Crippen molar-refractivity contribution in [2.75, 3.05) is 13.2 Å². The van der Waals surface area contributed by atoms with Gasteiger partial charge in [-0.2, -0.15) is 0 Å². The molecule has 13 heteroatoms. The molecule has 3 heterocycles. The average molecular weight is 581 g/mol. The first kappa shape index (κ1) is 28.1. The van der Waals surface area contributed by atoms with Crippen molar-refractivity contribution in [2.24, 2.45) is 0 Å². The van der Waals surface area contributed by atoms with Gasteiger partial charge in [0.05, 0.1) is 42.1 Å². The molecule has 0 saturated carbocycles. The second-order valence-corrected chi connectivity index (χ2v) is 14.3. The minimum atomic E-state index is -4.08. The van der Waals surface area contributed by atoms with Crippen molar-refractivity contribution in [3.05, 3.63) is 65.0 Å². The number of hydrogen-bond donors (Lipinski definition) is 0. The maximum Gasteiger partial charge on any atom is 0.350 e. The molecule has 210 valence electrons. The molecule has 6 atom stereocenters. The Balaban J connectivity index is 1.29. The third kappa shape index (κ3) is 5.12. The number of carbonyl (C=O) groups is 2. The Labute approximate surface area is 225 Å². The highest BCUT2D eigenvalue weighted by atomic mass is 31.2. The van der Waals surface area contributed by atoms with Crippen LogP contribution in [0.3, 0.4) is 0 Å². The number of ether oxygens (including phenoxy) is 1. The van der Waals surface area contributed by atoms with Crippen LogP contribution >= 0.6 is 15.2 Å². The summed E-state index contributed by atoms with van der Waals surface area (Å²) in [7, 11) is -8.16. The molecule has 0 aliphatic carbocycles. The lowest BCUT2D eigenvalue weighted by molar-refractivity contribution is 0.0646. The molecule has 2 amide bonds. The molecule has 3 aliphatic heterocycles. The lowest BCUT2D eigenvalue weighted by Gasteiger charge is -2.26. The third-order valence-electron chi connectivity index (χ3n) is 7.09. The number of fused-ring (bicyclic) bond motifs is 1. The van der Waals surface area contributed by atoms with E-state index >= 15 is 4.39 Å². The van der Waals surface area contributed by atoms with Crippen molar-refractivity contribution in [3.63, 3.8) is 0 Å². The number of rotatable bonds is 8. The summed E-state index contributed by atoms with van der Waals surface area (Å²) in [5.74, 6) is -1.65. The van der Waals surface area contributed by atoms with Crippen molar-refractivity contribution < 1.29 is 45.9 Å². The zero-order valence-corrected chi connectivity index (χ0v) is 23.7. The smallest absolute Gasteiger partial charge is 0.350 e. The number of hydrogen-bond acceptors (Lipinski definition) is 9. The van der Waals surface area contributed by atoms with E-state index in [1.54, 1.807) is 52.0 Å². The molecule has 0 spiro atoms. The Bertz CT molecular complexity index is 1300.